The van der Waals surface area contributed by atoms with Crippen LogP contribution >= 0.6 is 0 Å². The molecule has 3 saturated carbocycles. The second-order valence-corrected chi connectivity index (χ2v) is 12.4. The van der Waals surface area contributed by atoms with Crippen LogP contribution in [0.25, 0.3) is 5.69 Å². The third-order valence-corrected chi connectivity index (χ3v) is 8.30. The van der Waals surface area contributed by atoms with Crippen molar-refractivity contribution in [2.45, 2.75) is 108 Å². The fourth-order valence-corrected chi connectivity index (χ4v) is 5.29. The molecule has 0 radical (unpaired) electrons. The van der Waals surface area contributed by atoms with E-state index in [0.29, 0.717) is 24.4 Å². The average molecular weight is 494 g/mol. The van der Waals surface area contributed by atoms with Crippen molar-refractivity contribution in [1.82, 2.24) is 15.1 Å². The number of amides is 1. The highest BCUT2D eigenvalue weighted by molar-refractivity contribution is 5.93. The van der Waals surface area contributed by atoms with Gasteiger partial charge in [-0.3, -0.25) is 9.59 Å². The highest BCUT2D eigenvalue weighted by Crippen LogP contribution is 2.49. The molecule has 7 heteroatoms. The second-order valence-electron chi connectivity index (χ2n) is 12.4. The van der Waals surface area contributed by atoms with Gasteiger partial charge in [0.15, 0.2) is 5.69 Å². The van der Waals surface area contributed by atoms with Crippen LogP contribution in [0.15, 0.2) is 24.3 Å². The summed E-state index contributed by atoms with van der Waals surface area (Å²) in [6.07, 6.45) is 8.97. The summed E-state index contributed by atoms with van der Waals surface area (Å²) in [5.41, 5.74) is 3.94. The van der Waals surface area contributed by atoms with Crippen LogP contribution in [-0.2, 0) is 15.6 Å². The maximum atomic E-state index is 13.1. The molecule has 3 aliphatic carbocycles. The van der Waals surface area contributed by atoms with E-state index >= 15 is 0 Å². The van der Waals surface area contributed by atoms with Gasteiger partial charge in [0.05, 0.1) is 11.6 Å². The van der Waals surface area contributed by atoms with Gasteiger partial charge in [-0.1, -0.05) is 40.2 Å². The molecule has 194 valence electrons. The first-order valence-electron chi connectivity index (χ1n) is 13.5. The molecule has 0 spiro atoms. The van der Waals surface area contributed by atoms with Crippen molar-refractivity contribution in [3.8, 4) is 11.6 Å². The Kier molecular flexibility index (Phi) is 6.38. The van der Waals surface area contributed by atoms with E-state index in [1.54, 1.807) is 10.7 Å². The number of hydrogen-bond donors (Lipinski definition) is 2. The largest absolute Gasteiger partial charge is 0.481 e. The van der Waals surface area contributed by atoms with Crippen molar-refractivity contribution < 1.29 is 19.4 Å². The van der Waals surface area contributed by atoms with Gasteiger partial charge in [0, 0.05) is 12.1 Å². The van der Waals surface area contributed by atoms with Crippen molar-refractivity contribution in [2.24, 2.45) is 5.92 Å². The van der Waals surface area contributed by atoms with Crippen LogP contribution in [0.2, 0.25) is 0 Å². The predicted octanol–water partition coefficient (Wildman–Crippen LogP) is 5.53. The summed E-state index contributed by atoms with van der Waals surface area (Å²) in [5, 5.41) is 16.8. The third kappa shape index (κ3) is 5.16. The molecule has 3 aliphatic rings. The number of carboxylic acids is 1. The Morgan fingerprint density at radius 3 is 2.39 bits per heavy atom. The number of carbonyl (C=O) groups is 2. The van der Waals surface area contributed by atoms with Gasteiger partial charge in [0.2, 0.25) is 5.88 Å². The Balaban J connectivity index is 1.48. The summed E-state index contributed by atoms with van der Waals surface area (Å²) in [4.78, 5) is 24.2. The number of aromatic nitrogens is 2. The second kappa shape index (κ2) is 9.24. The number of rotatable bonds is 7. The number of benzene rings is 1. The first kappa shape index (κ1) is 24.8. The molecule has 0 saturated heterocycles. The molecule has 1 heterocycles. The maximum absolute atomic E-state index is 13.1. The van der Waals surface area contributed by atoms with Crippen LogP contribution in [-0.4, -0.2) is 38.9 Å². The van der Waals surface area contributed by atoms with Crippen molar-refractivity contribution in [3.63, 3.8) is 0 Å². The summed E-state index contributed by atoms with van der Waals surface area (Å²) in [7, 11) is 0. The third-order valence-electron chi connectivity index (χ3n) is 8.30. The van der Waals surface area contributed by atoms with Gasteiger partial charge in [0.1, 0.15) is 6.10 Å². The van der Waals surface area contributed by atoms with E-state index in [1.807, 2.05) is 0 Å². The van der Waals surface area contributed by atoms with Crippen LogP contribution < -0.4 is 10.1 Å². The van der Waals surface area contributed by atoms with E-state index in [-0.39, 0.29) is 34.8 Å². The van der Waals surface area contributed by atoms with E-state index in [1.165, 1.54) is 30.4 Å². The Labute approximate surface area is 213 Å². The number of hydrogen-bond acceptors (Lipinski definition) is 4. The minimum atomic E-state index is -0.799. The van der Waals surface area contributed by atoms with Crippen LogP contribution in [0.4, 0.5) is 0 Å². The van der Waals surface area contributed by atoms with Crippen molar-refractivity contribution in [1.29, 1.82) is 0 Å². The lowest BCUT2D eigenvalue weighted by molar-refractivity contribution is -0.145. The SMILES string of the molecule is CC(C)(C)c1cc(-n2nc(C(=O)N[C@H]3C[C@H](C(=O)O)C3)cc2OC2CCCCC2)cc(C2(C)CC2)c1. The van der Waals surface area contributed by atoms with Gasteiger partial charge in [-0.15, -0.1) is 0 Å². The summed E-state index contributed by atoms with van der Waals surface area (Å²) >= 11 is 0. The number of nitrogens with one attached hydrogen (secondary N) is 1. The van der Waals surface area contributed by atoms with Gasteiger partial charge in [-0.2, -0.15) is 5.10 Å². The lowest BCUT2D eigenvalue weighted by Crippen LogP contribution is -2.46. The fraction of sp³-hybridized carbons (Fsp3) is 0.621. The lowest BCUT2D eigenvalue weighted by atomic mass is 9.80. The Morgan fingerprint density at radius 2 is 1.78 bits per heavy atom. The zero-order valence-corrected chi connectivity index (χ0v) is 22.0. The smallest absolute Gasteiger partial charge is 0.306 e. The Hall–Kier alpha value is -2.83. The molecule has 7 nitrogen and oxygen atoms in total. The summed E-state index contributed by atoms with van der Waals surface area (Å²) in [6, 6.07) is 8.32. The van der Waals surface area contributed by atoms with Crippen molar-refractivity contribution >= 4 is 11.9 Å². The van der Waals surface area contributed by atoms with Gasteiger partial charge >= 0.3 is 5.97 Å². The number of aliphatic carboxylic acids is 1. The highest BCUT2D eigenvalue weighted by Gasteiger charge is 2.40. The molecule has 0 aliphatic heterocycles. The standard InChI is InChI=1S/C29H39N3O4/c1-28(2,3)19-14-20(29(4)10-11-29)16-22(15-19)32-25(36-23-8-6-5-7-9-23)17-24(31-32)26(33)30-21-12-18(13-21)27(34)35/h14-18,21,23H,5-13H2,1-4H3,(H,30,33)(H,34,35)/t18-,21-. The normalized spacial score (nSPS) is 23.6. The predicted molar refractivity (Wildman–Crippen MR) is 138 cm³/mol. The molecule has 0 bridgehead atoms. The molecular formula is C29H39N3O4. The van der Waals surface area contributed by atoms with Crippen molar-refractivity contribution in [2.75, 3.05) is 0 Å². The molecule has 1 aromatic carbocycles. The van der Waals surface area contributed by atoms with Gasteiger partial charge < -0.3 is 15.2 Å². The number of carboxylic acid groups (broad SMARTS) is 1. The molecule has 0 unspecified atom stereocenters. The van der Waals surface area contributed by atoms with Gasteiger partial charge in [0.25, 0.3) is 5.91 Å². The zero-order chi connectivity index (χ0) is 25.7. The molecule has 0 atom stereocenters. The van der Waals surface area contributed by atoms with Crippen molar-refractivity contribution in [3.05, 3.63) is 41.1 Å². The van der Waals surface area contributed by atoms with E-state index in [4.69, 9.17) is 14.9 Å². The molecular weight excluding hydrogens is 454 g/mol. The lowest BCUT2D eigenvalue weighted by Gasteiger charge is -2.32. The zero-order valence-electron chi connectivity index (χ0n) is 22.0. The highest BCUT2D eigenvalue weighted by atomic mass is 16.5. The van der Waals surface area contributed by atoms with Crippen LogP contribution in [0.5, 0.6) is 5.88 Å². The number of nitrogens with zero attached hydrogens (tertiary/aromatic N) is 2. The van der Waals surface area contributed by atoms with Crippen LogP contribution in [0.1, 0.15) is 107 Å². The number of ether oxygens (including phenoxy) is 1. The molecule has 2 N–H and O–H groups in total. The summed E-state index contributed by atoms with van der Waals surface area (Å²) in [6.45, 7) is 8.96. The Bertz CT molecular complexity index is 1120. The minimum Gasteiger partial charge on any atom is -0.481 e. The average Bonchev–Trinajstić information content (AvgIpc) is 3.42. The Morgan fingerprint density at radius 1 is 1.08 bits per heavy atom. The molecule has 3 fully saturated rings. The molecule has 5 rings (SSSR count). The monoisotopic (exact) mass is 493 g/mol. The van der Waals surface area contributed by atoms with E-state index in [0.717, 1.165) is 31.4 Å². The van der Waals surface area contributed by atoms with E-state index < -0.39 is 5.97 Å². The maximum Gasteiger partial charge on any atom is 0.306 e. The quantitative estimate of drug-likeness (QED) is 0.529. The molecule has 36 heavy (non-hydrogen) atoms. The van der Waals surface area contributed by atoms with E-state index in [2.05, 4.69) is 51.2 Å². The molecule has 1 amide bonds. The minimum absolute atomic E-state index is 0.0291. The van der Waals surface area contributed by atoms with Crippen LogP contribution in [0.3, 0.4) is 0 Å². The fourth-order valence-electron chi connectivity index (χ4n) is 5.29. The first-order chi connectivity index (χ1) is 17.0. The number of carbonyl (C=O) groups excluding carboxylic acids is 1. The molecule has 2 aromatic rings. The van der Waals surface area contributed by atoms with Gasteiger partial charge in [-0.25, -0.2) is 4.68 Å². The molecule has 1 aromatic heterocycles. The summed E-state index contributed by atoms with van der Waals surface area (Å²) < 4.78 is 8.28. The topological polar surface area (TPSA) is 93.5 Å². The first-order valence-corrected chi connectivity index (χ1v) is 13.5. The van der Waals surface area contributed by atoms with Crippen LogP contribution in [0, 0.1) is 5.92 Å². The van der Waals surface area contributed by atoms with E-state index in [9.17, 15) is 9.59 Å². The van der Waals surface area contributed by atoms with Gasteiger partial charge in [-0.05, 0) is 85.5 Å². The summed E-state index contributed by atoms with van der Waals surface area (Å²) in [5.74, 6) is -0.855.